The van der Waals surface area contributed by atoms with Crippen LogP contribution in [0, 0.1) is 0 Å². The molecule has 4 rings (SSSR count). The van der Waals surface area contributed by atoms with Crippen LogP contribution < -0.4 is 24.4 Å². The summed E-state index contributed by atoms with van der Waals surface area (Å²) in [6.07, 6.45) is 1.75. The third kappa shape index (κ3) is 5.41. The molecule has 174 valence electrons. The van der Waals surface area contributed by atoms with E-state index in [1.54, 1.807) is 27.5 Å². The minimum absolute atomic E-state index is 0.456. The Labute approximate surface area is 199 Å². The van der Waals surface area contributed by atoms with E-state index in [2.05, 4.69) is 34.8 Å². The fourth-order valence-electron chi connectivity index (χ4n) is 3.71. The Morgan fingerprint density at radius 3 is 2.29 bits per heavy atom. The van der Waals surface area contributed by atoms with Gasteiger partial charge in [0.05, 0.1) is 34.1 Å². The van der Waals surface area contributed by atoms with Gasteiger partial charge in [0, 0.05) is 0 Å². The second kappa shape index (κ2) is 11.1. The molecule has 0 aliphatic rings. The normalized spacial score (nSPS) is 10.9. The number of nitrogens with zero attached hydrogens (tertiary/aromatic N) is 1. The number of hydrazone groups is 1. The SMILES string of the molecule is COc1ccc(CN/N=C\c2ccc(OCc3cccc4ccccc34)c(OC)c2)cc1OC. The van der Waals surface area contributed by atoms with E-state index in [-0.39, 0.29) is 0 Å². The highest BCUT2D eigenvalue weighted by molar-refractivity contribution is 5.85. The first-order valence-corrected chi connectivity index (χ1v) is 11.0. The van der Waals surface area contributed by atoms with Crippen molar-refractivity contribution in [3.05, 3.63) is 95.6 Å². The Bertz CT molecular complexity index is 1280. The number of nitrogens with one attached hydrogen (secondary N) is 1. The number of ether oxygens (including phenoxy) is 4. The number of hydrogen-bond acceptors (Lipinski definition) is 6. The van der Waals surface area contributed by atoms with E-state index < -0.39 is 0 Å². The van der Waals surface area contributed by atoms with E-state index in [9.17, 15) is 0 Å². The average Bonchev–Trinajstić information content (AvgIpc) is 2.89. The van der Waals surface area contributed by atoms with E-state index in [1.165, 1.54) is 10.8 Å². The first kappa shape index (κ1) is 23.0. The van der Waals surface area contributed by atoms with Gasteiger partial charge in [-0.15, -0.1) is 0 Å². The summed E-state index contributed by atoms with van der Waals surface area (Å²) in [4.78, 5) is 0. The smallest absolute Gasteiger partial charge is 0.161 e. The van der Waals surface area contributed by atoms with Gasteiger partial charge in [-0.05, 0) is 57.8 Å². The summed E-state index contributed by atoms with van der Waals surface area (Å²) in [5.74, 6) is 2.73. The molecule has 4 aromatic rings. The van der Waals surface area contributed by atoms with Gasteiger partial charge in [-0.3, -0.25) is 0 Å². The van der Waals surface area contributed by atoms with Gasteiger partial charge >= 0.3 is 0 Å². The van der Waals surface area contributed by atoms with Crippen molar-refractivity contribution in [3.63, 3.8) is 0 Å². The predicted octanol–water partition coefficient (Wildman–Crippen LogP) is 5.57. The second-order valence-corrected chi connectivity index (χ2v) is 7.62. The minimum atomic E-state index is 0.456. The average molecular weight is 457 g/mol. The van der Waals surface area contributed by atoms with Crippen molar-refractivity contribution < 1.29 is 18.9 Å². The van der Waals surface area contributed by atoms with Crippen molar-refractivity contribution in [2.24, 2.45) is 5.10 Å². The molecule has 0 aliphatic heterocycles. The summed E-state index contributed by atoms with van der Waals surface area (Å²) in [6, 6.07) is 26.1. The Kier molecular flexibility index (Phi) is 7.50. The van der Waals surface area contributed by atoms with Crippen molar-refractivity contribution in [1.29, 1.82) is 0 Å². The van der Waals surface area contributed by atoms with E-state index in [1.807, 2.05) is 54.6 Å². The fourth-order valence-corrected chi connectivity index (χ4v) is 3.71. The number of hydrogen-bond donors (Lipinski definition) is 1. The summed E-state index contributed by atoms with van der Waals surface area (Å²) in [7, 11) is 4.88. The molecule has 6 nitrogen and oxygen atoms in total. The lowest BCUT2D eigenvalue weighted by molar-refractivity contribution is 0.285. The lowest BCUT2D eigenvalue weighted by atomic mass is 10.1. The fraction of sp³-hybridized carbons (Fsp3) is 0.179. The number of benzene rings is 4. The maximum Gasteiger partial charge on any atom is 0.161 e. The van der Waals surface area contributed by atoms with Gasteiger partial charge < -0.3 is 24.4 Å². The van der Waals surface area contributed by atoms with E-state index in [4.69, 9.17) is 18.9 Å². The van der Waals surface area contributed by atoms with Crippen molar-refractivity contribution in [3.8, 4) is 23.0 Å². The van der Waals surface area contributed by atoms with Crippen molar-refractivity contribution in [1.82, 2.24) is 5.43 Å². The third-order valence-corrected chi connectivity index (χ3v) is 5.49. The topological polar surface area (TPSA) is 61.3 Å². The maximum absolute atomic E-state index is 6.09. The van der Waals surface area contributed by atoms with Crippen LogP contribution >= 0.6 is 0 Å². The van der Waals surface area contributed by atoms with Gasteiger partial charge in [0.2, 0.25) is 0 Å². The molecule has 0 bridgehead atoms. The summed E-state index contributed by atoms with van der Waals surface area (Å²) >= 11 is 0. The first-order chi connectivity index (χ1) is 16.7. The molecule has 0 saturated heterocycles. The highest BCUT2D eigenvalue weighted by Gasteiger charge is 2.08. The van der Waals surface area contributed by atoms with Crippen LogP contribution in [-0.4, -0.2) is 27.5 Å². The zero-order valence-electron chi connectivity index (χ0n) is 19.6. The molecule has 1 N–H and O–H groups in total. The molecule has 0 saturated carbocycles. The summed E-state index contributed by atoms with van der Waals surface area (Å²) < 4.78 is 22.3. The minimum Gasteiger partial charge on any atom is -0.493 e. The van der Waals surface area contributed by atoms with Gasteiger partial charge in [0.15, 0.2) is 23.0 Å². The summed E-state index contributed by atoms with van der Waals surface area (Å²) in [5.41, 5.74) is 6.11. The zero-order chi connectivity index (χ0) is 23.8. The molecule has 0 spiro atoms. The standard InChI is InChI=1S/C28H28N2O4/c1-31-25-13-11-20(15-27(25)32-2)17-29-30-18-21-12-14-26(28(16-21)33-3)34-19-23-9-6-8-22-7-4-5-10-24(22)23/h4-16,18,29H,17,19H2,1-3H3/b30-18-. The molecule has 0 aromatic heterocycles. The molecule has 0 unspecified atom stereocenters. The number of fused-ring (bicyclic) bond motifs is 1. The molecule has 0 amide bonds. The Morgan fingerprint density at radius 2 is 1.47 bits per heavy atom. The van der Waals surface area contributed by atoms with Crippen LogP contribution in [0.1, 0.15) is 16.7 Å². The summed E-state index contributed by atoms with van der Waals surface area (Å²) in [5, 5.41) is 6.71. The predicted molar refractivity (Wildman–Crippen MR) is 135 cm³/mol. The third-order valence-electron chi connectivity index (χ3n) is 5.49. The van der Waals surface area contributed by atoms with Crippen LogP contribution in [0.15, 0.2) is 84.0 Å². The number of rotatable bonds is 10. The maximum atomic E-state index is 6.09. The monoisotopic (exact) mass is 456 g/mol. The van der Waals surface area contributed by atoms with Crippen LogP contribution in [0.2, 0.25) is 0 Å². The zero-order valence-corrected chi connectivity index (χ0v) is 19.6. The molecule has 0 atom stereocenters. The molecule has 0 fully saturated rings. The van der Waals surface area contributed by atoms with Crippen LogP contribution in [0.3, 0.4) is 0 Å². The number of methoxy groups -OCH3 is 3. The van der Waals surface area contributed by atoms with Gasteiger partial charge in [-0.25, -0.2) is 0 Å². The molecule has 4 aromatic carbocycles. The molecule has 34 heavy (non-hydrogen) atoms. The molecule has 0 heterocycles. The lowest BCUT2D eigenvalue weighted by Gasteiger charge is -2.13. The van der Waals surface area contributed by atoms with Crippen LogP contribution in [0.25, 0.3) is 10.8 Å². The van der Waals surface area contributed by atoms with Crippen LogP contribution in [-0.2, 0) is 13.2 Å². The van der Waals surface area contributed by atoms with Gasteiger partial charge in [-0.2, -0.15) is 5.10 Å². The van der Waals surface area contributed by atoms with Gasteiger partial charge in [0.1, 0.15) is 6.61 Å². The summed E-state index contributed by atoms with van der Waals surface area (Å²) in [6.45, 7) is 1.01. The van der Waals surface area contributed by atoms with Crippen molar-refractivity contribution in [2.45, 2.75) is 13.2 Å². The molecular formula is C28H28N2O4. The van der Waals surface area contributed by atoms with E-state index in [0.717, 1.165) is 16.7 Å². The lowest BCUT2D eigenvalue weighted by Crippen LogP contribution is -2.06. The van der Waals surface area contributed by atoms with Crippen LogP contribution in [0.5, 0.6) is 23.0 Å². The molecule has 0 aliphatic carbocycles. The molecular weight excluding hydrogens is 428 g/mol. The van der Waals surface area contributed by atoms with E-state index in [0.29, 0.717) is 36.1 Å². The Balaban J connectivity index is 1.38. The first-order valence-electron chi connectivity index (χ1n) is 11.0. The quantitative estimate of drug-likeness (QED) is 0.250. The van der Waals surface area contributed by atoms with Gasteiger partial charge in [0.25, 0.3) is 0 Å². The van der Waals surface area contributed by atoms with Crippen molar-refractivity contribution in [2.75, 3.05) is 21.3 Å². The second-order valence-electron chi connectivity index (χ2n) is 7.62. The largest absolute Gasteiger partial charge is 0.493 e. The Morgan fingerprint density at radius 1 is 0.735 bits per heavy atom. The van der Waals surface area contributed by atoms with Crippen LogP contribution in [0.4, 0.5) is 0 Å². The molecule has 0 radical (unpaired) electrons. The van der Waals surface area contributed by atoms with Crippen molar-refractivity contribution >= 4 is 17.0 Å². The molecule has 6 heteroatoms. The highest BCUT2D eigenvalue weighted by atomic mass is 16.5. The van der Waals surface area contributed by atoms with E-state index >= 15 is 0 Å². The highest BCUT2D eigenvalue weighted by Crippen LogP contribution is 2.30. The Hall–Kier alpha value is -4.19. The van der Waals surface area contributed by atoms with Gasteiger partial charge in [-0.1, -0.05) is 48.5 Å².